The predicted molar refractivity (Wildman–Crippen MR) is 71.6 cm³/mol. The van der Waals surface area contributed by atoms with Crippen molar-refractivity contribution in [1.29, 1.82) is 0 Å². The van der Waals surface area contributed by atoms with E-state index in [1.54, 1.807) is 13.3 Å². The first-order chi connectivity index (χ1) is 8.69. The molecular formula is C13H14N4O. The van der Waals surface area contributed by atoms with Crippen molar-refractivity contribution in [3.8, 4) is 16.9 Å². The zero-order valence-corrected chi connectivity index (χ0v) is 10.2. The van der Waals surface area contributed by atoms with Gasteiger partial charge >= 0.3 is 0 Å². The third kappa shape index (κ3) is 1.52. The molecule has 4 N–H and O–H groups in total. The molecule has 3 rings (SSSR count). The van der Waals surface area contributed by atoms with Crippen molar-refractivity contribution in [3.63, 3.8) is 0 Å². The maximum absolute atomic E-state index is 5.86. The number of methoxy groups -OCH3 is 1. The van der Waals surface area contributed by atoms with Crippen molar-refractivity contribution >= 4 is 16.7 Å². The van der Waals surface area contributed by atoms with Crippen LogP contribution in [0.4, 0.5) is 5.82 Å². The molecule has 92 valence electrons. The molecule has 3 aromatic rings. The van der Waals surface area contributed by atoms with Gasteiger partial charge in [0.25, 0.3) is 0 Å². The number of hydrogen-bond acceptors (Lipinski definition) is 3. The fourth-order valence-electron chi connectivity index (χ4n) is 2.20. The second kappa shape index (κ2) is 3.80. The molecule has 0 fully saturated rings. The summed E-state index contributed by atoms with van der Waals surface area (Å²) in [5.41, 5.74) is 9.81. The summed E-state index contributed by atoms with van der Waals surface area (Å²) in [7, 11) is 1.65. The Morgan fingerprint density at radius 1 is 1.22 bits per heavy atom. The van der Waals surface area contributed by atoms with Gasteiger partial charge in [-0.15, -0.1) is 0 Å². The molecule has 18 heavy (non-hydrogen) atoms. The van der Waals surface area contributed by atoms with E-state index in [-0.39, 0.29) is 0 Å². The second-order valence-corrected chi connectivity index (χ2v) is 4.29. The molecule has 0 saturated carbocycles. The number of aromatic amines is 2. The summed E-state index contributed by atoms with van der Waals surface area (Å²) in [5, 5.41) is 7.80. The van der Waals surface area contributed by atoms with Crippen molar-refractivity contribution < 1.29 is 4.74 Å². The van der Waals surface area contributed by atoms with Gasteiger partial charge in [-0.1, -0.05) is 0 Å². The van der Waals surface area contributed by atoms with E-state index >= 15 is 0 Å². The molecule has 0 bridgehead atoms. The number of H-pyrrole nitrogens is 2. The van der Waals surface area contributed by atoms with Gasteiger partial charge < -0.3 is 15.5 Å². The number of aryl methyl sites for hydroxylation is 1. The summed E-state index contributed by atoms with van der Waals surface area (Å²) in [5.74, 6) is 1.32. The Morgan fingerprint density at radius 2 is 2.06 bits per heavy atom. The number of aromatic nitrogens is 3. The Morgan fingerprint density at radius 3 is 2.72 bits per heavy atom. The number of benzene rings is 1. The van der Waals surface area contributed by atoms with Crippen LogP contribution in [0.2, 0.25) is 0 Å². The number of nitrogen functional groups attached to an aromatic ring is 1. The molecule has 5 heteroatoms. The number of anilines is 1. The minimum absolute atomic E-state index is 0.538. The van der Waals surface area contributed by atoms with E-state index in [2.05, 4.69) is 21.2 Å². The highest BCUT2D eigenvalue weighted by Crippen LogP contribution is 2.36. The molecule has 0 spiro atoms. The lowest BCUT2D eigenvalue weighted by molar-refractivity contribution is 0.417. The van der Waals surface area contributed by atoms with Gasteiger partial charge in [0.1, 0.15) is 11.6 Å². The van der Waals surface area contributed by atoms with Gasteiger partial charge in [-0.05, 0) is 25.1 Å². The molecule has 5 nitrogen and oxygen atoms in total. The van der Waals surface area contributed by atoms with Gasteiger partial charge in [0.15, 0.2) is 0 Å². The summed E-state index contributed by atoms with van der Waals surface area (Å²) >= 11 is 0. The summed E-state index contributed by atoms with van der Waals surface area (Å²) in [6.45, 7) is 2.03. The van der Waals surface area contributed by atoms with Gasteiger partial charge in [-0.25, -0.2) is 0 Å². The first-order valence-electron chi connectivity index (χ1n) is 5.65. The zero-order valence-electron chi connectivity index (χ0n) is 10.2. The Hall–Kier alpha value is -2.43. The first kappa shape index (κ1) is 10.7. The minimum Gasteiger partial charge on any atom is -0.496 e. The van der Waals surface area contributed by atoms with Gasteiger partial charge in [0.05, 0.1) is 13.3 Å². The highest BCUT2D eigenvalue weighted by molar-refractivity contribution is 5.91. The van der Waals surface area contributed by atoms with E-state index in [1.807, 2.05) is 19.1 Å². The molecule has 1 aromatic carbocycles. The summed E-state index contributed by atoms with van der Waals surface area (Å²) in [4.78, 5) is 3.30. The SMILES string of the molecule is COc1cc2cc(C)[nH]c2cc1-c1cn[nH]c1N. The number of nitrogens with zero attached hydrogens (tertiary/aromatic N) is 1. The molecule has 2 aromatic heterocycles. The van der Waals surface area contributed by atoms with Gasteiger partial charge in [0.2, 0.25) is 0 Å². The largest absolute Gasteiger partial charge is 0.496 e. The van der Waals surface area contributed by atoms with Crippen LogP contribution >= 0.6 is 0 Å². The average molecular weight is 242 g/mol. The minimum atomic E-state index is 0.538. The van der Waals surface area contributed by atoms with E-state index in [9.17, 15) is 0 Å². The molecular weight excluding hydrogens is 228 g/mol. The third-order valence-electron chi connectivity index (χ3n) is 3.03. The molecule has 0 saturated heterocycles. The van der Waals surface area contributed by atoms with Gasteiger partial charge in [-0.3, -0.25) is 5.10 Å². The summed E-state index contributed by atoms with van der Waals surface area (Å²) < 4.78 is 5.43. The number of hydrogen-bond donors (Lipinski definition) is 3. The predicted octanol–water partition coefficient (Wildman–Crippen LogP) is 2.46. The number of nitrogens with two attached hydrogens (primary N) is 1. The quantitative estimate of drug-likeness (QED) is 0.645. The maximum Gasteiger partial charge on any atom is 0.127 e. The third-order valence-corrected chi connectivity index (χ3v) is 3.03. The molecule has 0 aliphatic rings. The van der Waals surface area contributed by atoms with Crippen molar-refractivity contribution in [2.24, 2.45) is 0 Å². The smallest absolute Gasteiger partial charge is 0.127 e. The van der Waals surface area contributed by atoms with Crippen LogP contribution in [0.1, 0.15) is 5.69 Å². The van der Waals surface area contributed by atoms with Crippen LogP contribution in [-0.2, 0) is 0 Å². The van der Waals surface area contributed by atoms with E-state index < -0.39 is 0 Å². The standard InChI is InChI=1S/C13H14N4O/c1-7-3-8-4-12(18-2)9(5-11(8)16-7)10-6-15-17-13(10)14/h3-6,16H,1-2H3,(H3,14,15,17). The molecule has 2 heterocycles. The summed E-state index contributed by atoms with van der Waals surface area (Å²) in [6.07, 6.45) is 1.70. The molecule has 0 aliphatic carbocycles. The fraction of sp³-hybridized carbons (Fsp3) is 0.154. The highest BCUT2D eigenvalue weighted by atomic mass is 16.5. The van der Waals surface area contributed by atoms with Crippen LogP contribution in [0.25, 0.3) is 22.0 Å². The number of fused-ring (bicyclic) bond motifs is 1. The molecule has 0 atom stereocenters. The molecule has 0 unspecified atom stereocenters. The van der Waals surface area contributed by atoms with Crippen LogP contribution in [0.3, 0.4) is 0 Å². The van der Waals surface area contributed by atoms with E-state index in [4.69, 9.17) is 10.5 Å². The van der Waals surface area contributed by atoms with Crippen LogP contribution in [0.5, 0.6) is 5.75 Å². The molecule has 0 radical (unpaired) electrons. The first-order valence-corrected chi connectivity index (χ1v) is 5.65. The lowest BCUT2D eigenvalue weighted by Crippen LogP contribution is -1.91. The Bertz CT molecular complexity index is 711. The topological polar surface area (TPSA) is 79.7 Å². The van der Waals surface area contributed by atoms with Gasteiger partial charge in [-0.2, -0.15) is 5.10 Å². The highest BCUT2D eigenvalue weighted by Gasteiger charge is 2.13. The number of nitrogens with one attached hydrogen (secondary N) is 2. The van der Waals surface area contributed by atoms with Crippen LogP contribution in [0, 0.1) is 6.92 Å². The molecule has 0 aliphatic heterocycles. The Balaban J connectivity index is 2.30. The van der Waals surface area contributed by atoms with E-state index in [1.165, 1.54) is 0 Å². The normalized spacial score (nSPS) is 11.0. The van der Waals surface area contributed by atoms with E-state index in [0.29, 0.717) is 5.82 Å². The monoisotopic (exact) mass is 242 g/mol. The maximum atomic E-state index is 5.86. The van der Waals surface area contributed by atoms with Crippen molar-refractivity contribution in [1.82, 2.24) is 15.2 Å². The summed E-state index contributed by atoms with van der Waals surface area (Å²) in [6, 6.07) is 6.11. The zero-order chi connectivity index (χ0) is 12.7. The Labute approximate surface area is 104 Å². The average Bonchev–Trinajstić information content (AvgIpc) is 2.91. The fourth-order valence-corrected chi connectivity index (χ4v) is 2.20. The molecule has 0 amide bonds. The van der Waals surface area contributed by atoms with Crippen molar-refractivity contribution in [2.75, 3.05) is 12.8 Å². The van der Waals surface area contributed by atoms with Crippen LogP contribution in [0.15, 0.2) is 24.4 Å². The lowest BCUT2D eigenvalue weighted by Gasteiger charge is -2.08. The second-order valence-electron chi connectivity index (χ2n) is 4.29. The number of rotatable bonds is 2. The van der Waals surface area contributed by atoms with Crippen LogP contribution in [-0.4, -0.2) is 22.3 Å². The number of ether oxygens (including phenoxy) is 1. The van der Waals surface area contributed by atoms with Crippen molar-refractivity contribution in [2.45, 2.75) is 6.92 Å². The lowest BCUT2D eigenvalue weighted by atomic mass is 10.1. The van der Waals surface area contributed by atoms with Crippen LogP contribution < -0.4 is 10.5 Å². The Kier molecular flexibility index (Phi) is 2.26. The van der Waals surface area contributed by atoms with Gasteiger partial charge in [0, 0.05) is 27.7 Å². The van der Waals surface area contributed by atoms with Crippen molar-refractivity contribution in [3.05, 3.63) is 30.1 Å². The van der Waals surface area contributed by atoms with E-state index in [0.717, 1.165) is 33.5 Å².